The van der Waals surface area contributed by atoms with Crippen molar-refractivity contribution < 1.29 is 9.18 Å². The summed E-state index contributed by atoms with van der Waals surface area (Å²) in [6.07, 6.45) is 11.7. The molecule has 1 aliphatic heterocycles. The van der Waals surface area contributed by atoms with Gasteiger partial charge >= 0.3 is 0 Å². The van der Waals surface area contributed by atoms with Crippen LogP contribution in [0.3, 0.4) is 0 Å². The Balaban J connectivity index is 1.60. The van der Waals surface area contributed by atoms with E-state index in [4.69, 9.17) is 0 Å². The number of amides is 1. The fraction of sp³-hybridized carbons (Fsp3) is 0.407. The lowest BCUT2D eigenvalue weighted by atomic mass is 9.80. The summed E-state index contributed by atoms with van der Waals surface area (Å²) in [7, 11) is 2.05. The SMILES string of the molecule is CCN(C)/C=C1/N=CC(N[C@@H](C)c2cccc(NC(=O)CC3(C)C=CC(F)=CC3)c2)=CC1C. The van der Waals surface area contributed by atoms with E-state index in [-0.39, 0.29) is 29.1 Å². The maximum Gasteiger partial charge on any atom is 0.225 e. The molecule has 1 aliphatic carbocycles. The molecule has 33 heavy (non-hydrogen) atoms. The summed E-state index contributed by atoms with van der Waals surface area (Å²) >= 11 is 0. The van der Waals surface area contributed by atoms with E-state index in [2.05, 4.69) is 53.6 Å². The Kier molecular flexibility index (Phi) is 7.90. The number of halogens is 1. The van der Waals surface area contributed by atoms with Crippen molar-refractivity contribution in [2.45, 2.75) is 46.6 Å². The first-order valence-corrected chi connectivity index (χ1v) is 11.6. The number of anilines is 1. The molecule has 3 rings (SSSR count). The predicted molar refractivity (Wildman–Crippen MR) is 134 cm³/mol. The van der Waals surface area contributed by atoms with Crippen molar-refractivity contribution in [3.8, 4) is 0 Å². The lowest BCUT2D eigenvalue weighted by molar-refractivity contribution is -0.117. The van der Waals surface area contributed by atoms with Gasteiger partial charge in [0, 0.05) is 49.6 Å². The van der Waals surface area contributed by atoms with E-state index in [1.807, 2.05) is 44.5 Å². The Hall–Kier alpha value is -3.15. The summed E-state index contributed by atoms with van der Waals surface area (Å²) in [5.74, 6) is -0.0964. The molecule has 0 bridgehead atoms. The molecule has 176 valence electrons. The number of dihydropyridines is 1. The highest BCUT2D eigenvalue weighted by Gasteiger charge is 2.26. The molecule has 2 N–H and O–H groups in total. The van der Waals surface area contributed by atoms with Crippen LogP contribution in [0, 0.1) is 11.3 Å². The van der Waals surface area contributed by atoms with E-state index < -0.39 is 0 Å². The van der Waals surface area contributed by atoms with Crippen molar-refractivity contribution in [1.29, 1.82) is 0 Å². The lowest BCUT2D eigenvalue weighted by Crippen LogP contribution is -2.24. The van der Waals surface area contributed by atoms with Crippen LogP contribution in [-0.2, 0) is 4.79 Å². The molecule has 0 saturated heterocycles. The van der Waals surface area contributed by atoms with Gasteiger partial charge in [-0.1, -0.05) is 38.1 Å². The molecule has 0 radical (unpaired) electrons. The van der Waals surface area contributed by atoms with Crippen LogP contribution in [0.15, 0.2) is 77.0 Å². The average Bonchev–Trinajstić information content (AvgIpc) is 2.77. The minimum Gasteiger partial charge on any atom is -0.379 e. The van der Waals surface area contributed by atoms with Crippen LogP contribution in [0.5, 0.6) is 0 Å². The third kappa shape index (κ3) is 6.91. The second-order valence-electron chi connectivity index (χ2n) is 9.29. The van der Waals surface area contributed by atoms with E-state index in [0.29, 0.717) is 12.8 Å². The second-order valence-corrected chi connectivity index (χ2v) is 9.29. The number of carbonyl (C=O) groups is 1. The van der Waals surface area contributed by atoms with Gasteiger partial charge in [-0.25, -0.2) is 4.39 Å². The van der Waals surface area contributed by atoms with Gasteiger partial charge in [-0.2, -0.15) is 0 Å². The second kappa shape index (κ2) is 10.6. The monoisotopic (exact) mass is 450 g/mol. The zero-order valence-electron chi connectivity index (χ0n) is 20.2. The first kappa shape index (κ1) is 24.5. The number of allylic oxidation sites excluding steroid dienone is 6. The summed E-state index contributed by atoms with van der Waals surface area (Å²) in [4.78, 5) is 19.4. The number of carbonyl (C=O) groups excluding carboxylic acids is 1. The molecule has 0 aromatic heterocycles. The third-order valence-electron chi connectivity index (χ3n) is 6.13. The molecule has 1 aromatic rings. The number of aliphatic imine (C=N–C) groups is 1. The zero-order chi connectivity index (χ0) is 24.0. The fourth-order valence-electron chi connectivity index (χ4n) is 3.88. The highest BCUT2D eigenvalue weighted by Crippen LogP contribution is 2.33. The van der Waals surface area contributed by atoms with Gasteiger partial charge in [-0.15, -0.1) is 0 Å². The smallest absolute Gasteiger partial charge is 0.225 e. The van der Waals surface area contributed by atoms with Crippen molar-refractivity contribution in [3.05, 3.63) is 77.6 Å². The molecule has 3 atom stereocenters. The summed E-state index contributed by atoms with van der Waals surface area (Å²) < 4.78 is 13.3. The lowest BCUT2D eigenvalue weighted by Gasteiger charge is -2.26. The number of nitrogens with zero attached hydrogens (tertiary/aromatic N) is 2. The molecule has 0 spiro atoms. The van der Waals surface area contributed by atoms with Gasteiger partial charge in [0.25, 0.3) is 0 Å². The standard InChI is InChI=1S/C27H35FN4O/c1-6-32(5)18-25-19(2)14-24(17-29-25)30-20(3)21-8-7-9-23(15-21)31-26(33)16-27(4)12-10-22(28)11-13-27/h7-12,14-15,17-20,30H,6,13,16H2,1-5H3,(H,31,33)/b25-18+/t19?,20-,27?/m0/s1. The van der Waals surface area contributed by atoms with Crippen molar-refractivity contribution in [3.63, 3.8) is 0 Å². The minimum atomic E-state index is -0.366. The molecule has 1 aromatic carbocycles. The van der Waals surface area contributed by atoms with Crippen LogP contribution in [-0.4, -0.2) is 30.6 Å². The zero-order valence-corrected chi connectivity index (χ0v) is 20.2. The molecule has 5 nitrogen and oxygen atoms in total. The van der Waals surface area contributed by atoms with Gasteiger partial charge in [-0.05, 0) is 55.5 Å². The van der Waals surface area contributed by atoms with E-state index >= 15 is 0 Å². The maximum atomic E-state index is 13.3. The van der Waals surface area contributed by atoms with Crippen LogP contribution in [0.2, 0.25) is 0 Å². The molecule has 2 unspecified atom stereocenters. The molecular formula is C27H35FN4O. The Morgan fingerprint density at radius 2 is 2.21 bits per heavy atom. The molecule has 0 saturated carbocycles. The average molecular weight is 451 g/mol. The topological polar surface area (TPSA) is 56.7 Å². The number of rotatable bonds is 8. The summed E-state index contributed by atoms with van der Waals surface area (Å²) in [6.45, 7) is 9.25. The number of benzene rings is 1. The molecule has 6 heteroatoms. The molecule has 1 heterocycles. The van der Waals surface area contributed by atoms with Crippen molar-refractivity contribution in [2.24, 2.45) is 16.3 Å². The van der Waals surface area contributed by atoms with Gasteiger partial charge in [0.15, 0.2) is 0 Å². The quantitative estimate of drug-likeness (QED) is 0.520. The van der Waals surface area contributed by atoms with Gasteiger partial charge < -0.3 is 15.5 Å². The molecule has 1 amide bonds. The van der Waals surface area contributed by atoms with Crippen LogP contribution < -0.4 is 10.6 Å². The summed E-state index contributed by atoms with van der Waals surface area (Å²) in [5, 5.41) is 6.51. The third-order valence-corrected chi connectivity index (χ3v) is 6.13. The number of hydrogen-bond donors (Lipinski definition) is 2. The highest BCUT2D eigenvalue weighted by atomic mass is 19.1. The normalized spacial score (nSPS) is 24.2. The first-order chi connectivity index (χ1) is 15.7. The summed E-state index contributed by atoms with van der Waals surface area (Å²) in [5.41, 5.74) is 3.48. The van der Waals surface area contributed by atoms with Crippen LogP contribution in [0.1, 0.15) is 52.1 Å². The molecular weight excluding hydrogens is 415 g/mol. The Labute approximate surface area is 196 Å². The number of hydrogen-bond acceptors (Lipinski definition) is 4. The van der Waals surface area contributed by atoms with Gasteiger partial charge in [-0.3, -0.25) is 9.79 Å². The predicted octanol–water partition coefficient (Wildman–Crippen LogP) is 5.88. The Bertz CT molecular complexity index is 1020. The van der Waals surface area contributed by atoms with Gasteiger partial charge in [0.05, 0.1) is 11.9 Å². The largest absolute Gasteiger partial charge is 0.379 e. The van der Waals surface area contributed by atoms with E-state index in [9.17, 15) is 9.18 Å². The van der Waals surface area contributed by atoms with Crippen molar-refractivity contribution >= 4 is 17.8 Å². The Morgan fingerprint density at radius 3 is 2.88 bits per heavy atom. The number of nitrogens with one attached hydrogen (secondary N) is 2. The first-order valence-electron chi connectivity index (χ1n) is 11.6. The molecule has 2 aliphatic rings. The van der Waals surface area contributed by atoms with E-state index in [1.54, 1.807) is 6.08 Å². The fourth-order valence-corrected chi connectivity index (χ4v) is 3.88. The highest BCUT2D eigenvalue weighted by molar-refractivity contribution is 5.91. The van der Waals surface area contributed by atoms with Crippen molar-refractivity contribution in [2.75, 3.05) is 18.9 Å². The van der Waals surface area contributed by atoms with Gasteiger partial charge in [0.2, 0.25) is 5.91 Å². The van der Waals surface area contributed by atoms with Crippen molar-refractivity contribution in [1.82, 2.24) is 10.2 Å². The Morgan fingerprint density at radius 1 is 1.42 bits per heavy atom. The minimum absolute atomic E-state index is 0.0440. The maximum absolute atomic E-state index is 13.3. The van der Waals surface area contributed by atoms with Crippen LogP contribution in [0.4, 0.5) is 10.1 Å². The van der Waals surface area contributed by atoms with E-state index in [1.165, 1.54) is 12.2 Å². The summed E-state index contributed by atoms with van der Waals surface area (Å²) in [6, 6.07) is 7.90. The van der Waals surface area contributed by atoms with Gasteiger partial charge in [0.1, 0.15) is 5.83 Å². The van der Waals surface area contributed by atoms with E-state index in [0.717, 1.165) is 29.2 Å². The van der Waals surface area contributed by atoms with Crippen LogP contribution in [0.25, 0.3) is 0 Å². The van der Waals surface area contributed by atoms with Crippen LogP contribution >= 0.6 is 0 Å². The molecule has 0 fully saturated rings.